The van der Waals surface area contributed by atoms with Gasteiger partial charge in [-0.25, -0.2) is 0 Å². The van der Waals surface area contributed by atoms with Crippen LogP contribution >= 0.6 is 38.9 Å². The Kier molecular flexibility index (Phi) is 4.03. The molecule has 2 N–H and O–H groups in total. The van der Waals surface area contributed by atoms with Gasteiger partial charge in [-0.1, -0.05) is 33.6 Å². The van der Waals surface area contributed by atoms with Crippen molar-refractivity contribution in [3.8, 4) is 0 Å². The molecule has 1 aromatic heterocycles. The van der Waals surface area contributed by atoms with E-state index in [-0.39, 0.29) is 6.04 Å². The molecule has 1 nitrogen and oxygen atoms in total. The highest BCUT2D eigenvalue weighted by Crippen LogP contribution is 2.28. The van der Waals surface area contributed by atoms with Crippen molar-refractivity contribution in [1.29, 1.82) is 0 Å². The first kappa shape index (κ1) is 12.1. The zero-order chi connectivity index (χ0) is 11.5. The van der Waals surface area contributed by atoms with Crippen molar-refractivity contribution in [3.05, 3.63) is 55.6 Å². The maximum atomic E-state index is 6.16. The molecule has 2 aromatic rings. The van der Waals surface area contributed by atoms with Gasteiger partial charge in [-0.15, -0.1) is 11.3 Å². The Hall–Kier alpha value is -0.350. The highest BCUT2D eigenvalue weighted by Gasteiger charge is 2.11. The first-order valence-electron chi connectivity index (χ1n) is 4.89. The third kappa shape index (κ3) is 2.86. The molecule has 0 aliphatic heterocycles. The largest absolute Gasteiger partial charge is 0.324 e. The first-order chi connectivity index (χ1) is 7.66. The van der Waals surface area contributed by atoms with Gasteiger partial charge in [0.1, 0.15) is 0 Å². The number of hydrogen-bond donors (Lipinski definition) is 1. The van der Waals surface area contributed by atoms with Crippen molar-refractivity contribution in [2.45, 2.75) is 12.5 Å². The van der Waals surface area contributed by atoms with Crippen molar-refractivity contribution in [2.75, 3.05) is 0 Å². The zero-order valence-corrected chi connectivity index (χ0v) is 11.6. The molecule has 0 amide bonds. The second-order valence-electron chi connectivity index (χ2n) is 3.56. The summed E-state index contributed by atoms with van der Waals surface area (Å²) in [5.74, 6) is 0. The summed E-state index contributed by atoms with van der Waals surface area (Å²) in [4.78, 5) is 1.28. The van der Waals surface area contributed by atoms with E-state index in [1.54, 1.807) is 11.3 Å². The fourth-order valence-corrected chi connectivity index (χ4v) is 2.96. The van der Waals surface area contributed by atoms with E-state index < -0.39 is 0 Å². The van der Waals surface area contributed by atoms with Crippen LogP contribution in [0.4, 0.5) is 0 Å². The van der Waals surface area contributed by atoms with E-state index in [1.165, 1.54) is 4.88 Å². The molecule has 0 bridgehead atoms. The standard InChI is InChI=1S/C12H11BrClNS/c13-8-3-4-11(14)10(6-8)12(15)7-9-2-1-5-16-9/h1-6,12H,7,15H2. The van der Waals surface area contributed by atoms with Crippen LogP contribution in [-0.4, -0.2) is 0 Å². The Morgan fingerprint density at radius 2 is 2.19 bits per heavy atom. The lowest BCUT2D eigenvalue weighted by Crippen LogP contribution is -2.13. The molecule has 0 saturated heterocycles. The van der Waals surface area contributed by atoms with Gasteiger partial charge in [0.25, 0.3) is 0 Å². The minimum Gasteiger partial charge on any atom is -0.324 e. The molecular weight excluding hydrogens is 306 g/mol. The average molecular weight is 317 g/mol. The Bertz CT molecular complexity index is 470. The predicted molar refractivity (Wildman–Crippen MR) is 74.1 cm³/mol. The normalized spacial score (nSPS) is 12.7. The van der Waals surface area contributed by atoms with E-state index in [9.17, 15) is 0 Å². The maximum absolute atomic E-state index is 6.16. The summed E-state index contributed by atoms with van der Waals surface area (Å²) in [7, 11) is 0. The van der Waals surface area contributed by atoms with Crippen molar-refractivity contribution >= 4 is 38.9 Å². The van der Waals surface area contributed by atoms with Crippen molar-refractivity contribution in [1.82, 2.24) is 0 Å². The number of benzene rings is 1. The Balaban J connectivity index is 2.20. The number of nitrogens with two attached hydrogens (primary N) is 1. The highest BCUT2D eigenvalue weighted by molar-refractivity contribution is 9.10. The summed E-state index contributed by atoms with van der Waals surface area (Å²) in [6.07, 6.45) is 0.827. The molecule has 1 heterocycles. The first-order valence-corrected chi connectivity index (χ1v) is 6.95. The summed E-state index contributed by atoms with van der Waals surface area (Å²) < 4.78 is 1.01. The smallest absolute Gasteiger partial charge is 0.0454 e. The summed E-state index contributed by atoms with van der Waals surface area (Å²) >= 11 is 11.3. The fraction of sp³-hybridized carbons (Fsp3) is 0.167. The molecule has 0 aliphatic carbocycles. The van der Waals surface area contributed by atoms with Crippen LogP contribution in [0.15, 0.2) is 40.2 Å². The van der Waals surface area contributed by atoms with E-state index in [2.05, 4.69) is 27.4 Å². The number of thiophene rings is 1. The van der Waals surface area contributed by atoms with Crippen LogP contribution in [0.5, 0.6) is 0 Å². The molecule has 0 radical (unpaired) electrons. The second-order valence-corrected chi connectivity index (χ2v) is 5.91. The van der Waals surface area contributed by atoms with Crippen LogP contribution in [0, 0.1) is 0 Å². The number of rotatable bonds is 3. The van der Waals surface area contributed by atoms with Gasteiger partial charge in [-0.2, -0.15) is 0 Å². The molecular formula is C12H11BrClNS. The quantitative estimate of drug-likeness (QED) is 0.892. The Morgan fingerprint density at radius 3 is 2.88 bits per heavy atom. The van der Waals surface area contributed by atoms with Gasteiger partial charge < -0.3 is 5.73 Å². The minimum atomic E-state index is -0.0522. The third-order valence-corrected chi connectivity index (χ3v) is 4.09. The molecule has 0 spiro atoms. The second kappa shape index (κ2) is 5.32. The molecule has 1 aromatic carbocycles. The van der Waals surface area contributed by atoms with Crippen molar-refractivity contribution < 1.29 is 0 Å². The summed E-state index contributed by atoms with van der Waals surface area (Å²) in [5, 5.41) is 2.79. The molecule has 0 fully saturated rings. The zero-order valence-electron chi connectivity index (χ0n) is 8.49. The number of halogens is 2. The van der Waals surface area contributed by atoms with E-state index in [0.717, 1.165) is 21.5 Å². The Labute approximate surface area is 112 Å². The van der Waals surface area contributed by atoms with E-state index in [0.29, 0.717) is 0 Å². The highest BCUT2D eigenvalue weighted by atomic mass is 79.9. The summed E-state index contributed by atoms with van der Waals surface area (Å²) in [5.41, 5.74) is 7.15. The van der Waals surface area contributed by atoms with Gasteiger partial charge in [0, 0.05) is 26.8 Å². The predicted octanol–water partition coefficient (Wildman–Crippen LogP) is 4.41. The molecule has 0 aliphatic rings. The lowest BCUT2D eigenvalue weighted by Gasteiger charge is -2.13. The van der Waals surface area contributed by atoms with Crippen LogP contribution in [0.2, 0.25) is 5.02 Å². The lowest BCUT2D eigenvalue weighted by atomic mass is 10.0. The van der Waals surface area contributed by atoms with Gasteiger partial charge in [0.15, 0.2) is 0 Å². The molecule has 1 atom stereocenters. The maximum Gasteiger partial charge on any atom is 0.0454 e. The van der Waals surface area contributed by atoms with Crippen molar-refractivity contribution in [2.24, 2.45) is 5.73 Å². The summed E-state index contributed by atoms with van der Waals surface area (Å²) in [6, 6.07) is 9.86. The van der Waals surface area contributed by atoms with Gasteiger partial charge in [-0.05, 0) is 35.2 Å². The van der Waals surface area contributed by atoms with Crippen LogP contribution < -0.4 is 5.73 Å². The molecule has 84 valence electrons. The topological polar surface area (TPSA) is 26.0 Å². The molecule has 16 heavy (non-hydrogen) atoms. The van der Waals surface area contributed by atoms with E-state index >= 15 is 0 Å². The van der Waals surface area contributed by atoms with E-state index in [1.807, 2.05) is 24.3 Å². The van der Waals surface area contributed by atoms with Gasteiger partial charge >= 0.3 is 0 Å². The fourth-order valence-electron chi connectivity index (χ4n) is 1.55. The van der Waals surface area contributed by atoms with Gasteiger partial charge in [0.05, 0.1) is 0 Å². The molecule has 2 rings (SSSR count). The lowest BCUT2D eigenvalue weighted by molar-refractivity contribution is 0.730. The average Bonchev–Trinajstić information content (AvgIpc) is 2.74. The summed E-state index contributed by atoms with van der Waals surface area (Å²) in [6.45, 7) is 0. The van der Waals surface area contributed by atoms with Crippen LogP contribution in [-0.2, 0) is 6.42 Å². The minimum absolute atomic E-state index is 0.0522. The molecule has 1 unspecified atom stereocenters. The molecule has 0 saturated carbocycles. The van der Waals surface area contributed by atoms with Crippen LogP contribution in [0.1, 0.15) is 16.5 Å². The van der Waals surface area contributed by atoms with Crippen LogP contribution in [0.25, 0.3) is 0 Å². The number of hydrogen-bond acceptors (Lipinski definition) is 2. The van der Waals surface area contributed by atoms with Gasteiger partial charge in [0.2, 0.25) is 0 Å². The SMILES string of the molecule is NC(Cc1cccs1)c1cc(Br)ccc1Cl. The van der Waals surface area contributed by atoms with Crippen molar-refractivity contribution in [3.63, 3.8) is 0 Å². The monoisotopic (exact) mass is 315 g/mol. The Morgan fingerprint density at radius 1 is 1.38 bits per heavy atom. The van der Waals surface area contributed by atoms with Gasteiger partial charge in [-0.3, -0.25) is 0 Å². The molecule has 4 heteroatoms. The van der Waals surface area contributed by atoms with Crippen LogP contribution in [0.3, 0.4) is 0 Å². The third-order valence-electron chi connectivity index (χ3n) is 2.36. The van der Waals surface area contributed by atoms with E-state index in [4.69, 9.17) is 17.3 Å².